The van der Waals surface area contributed by atoms with Gasteiger partial charge in [0, 0.05) is 28.6 Å². The van der Waals surface area contributed by atoms with Gasteiger partial charge in [-0.25, -0.2) is 4.98 Å². The van der Waals surface area contributed by atoms with Gasteiger partial charge in [0.1, 0.15) is 11.5 Å². The summed E-state index contributed by atoms with van der Waals surface area (Å²) in [6.07, 6.45) is 4.07. The number of benzene rings is 1. The number of nitrogens with zero attached hydrogens (tertiary/aromatic N) is 1. The van der Waals surface area contributed by atoms with Crippen LogP contribution in [0.5, 0.6) is 11.5 Å². The SMILES string of the molecule is CC(C)c1ccc2c(c1)OC1(O)C3=CCCC(N)=C3C(=O)C21NC(=O)c1ncccc1O. The van der Waals surface area contributed by atoms with Crippen molar-refractivity contribution in [2.45, 2.75) is 43.9 Å². The van der Waals surface area contributed by atoms with Gasteiger partial charge in [0.25, 0.3) is 11.7 Å². The predicted octanol–water partition coefficient (Wildman–Crippen LogP) is 2.13. The molecule has 2 aliphatic carbocycles. The highest BCUT2D eigenvalue weighted by Gasteiger charge is 2.74. The van der Waals surface area contributed by atoms with E-state index in [1.165, 1.54) is 18.3 Å². The van der Waals surface area contributed by atoms with Gasteiger partial charge < -0.3 is 26.0 Å². The van der Waals surface area contributed by atoms with Crippen LogP contribution in [0.2, 0.25) is 0 Å². The number of allylic oxidation sites excluding steroid dienone is 2. The summed E-state index contributed by atoms with van der Waals surface area (Å²) in [6, 6.07) is 8.10. The molecular formula is C24H23N3O5. The lowest BCUT2D eigenvalue weighted by molar-refractivity contribution is -0.152. The number of amides is 1. The normalized spacial score (nSPS) is 25.8. The van der Waals surface area contributed by atoms with Crippen LogP contribution in [0.15, 0.2) is 59.4 Å². The molecule has 0 spiro atoms. The van der Waals surface area contributed by atoms with Crippen LogP contribution in [0.4, 0.5) is 0 Å². The Kier molecular flexibility index (Phi) is 4.22. The third-order valence-electron chi connectivity index (χ3n) is 6.43. The number of hydrogen-bond acceptors (Lipinski definition) is 7. The molecule has 3 aliphatic rings. The number of rotatable bonds is 3. The summed E-state index contributed by atoms with van der Waals surface area (Å²) in [4.78, 5) is 31.0. The maximum absolute atomic E-state index is 13.9. The highest BCUT2D eigenvalue weighted by Crippen LogP contribution is 2.59. The van der Waals surface area contributed by atoms with E-state index < -0.39 is 23.0 Å². The molecule has 1 aromatic heterocycles. The number of fused-ring (bicyclic) bond motifs is 5. The van der Waals surface area contributed by atoms with Crippen molar-refractivity contribution in [3.8, 4) is 11.5 Å². The summed E-state index contributed by atoms with van der Waals surface area (Å²) in [6.45, 7) is 4.04. The van der Waals surface area contributed by atoms with E-state index in [2.05, 4.69) is 10.3 Å². The summed E-state index contributed by atoms with van der Waals surface area (Å²) < 4.78 is 6.05. The Morgan fingerprint density at radius 2 is 2.09 bits per heavy atom. The molecule has 2 heterocycles. The van der Waals surface area contributed by atoms with Crippen LogP contribution in [0.3, 0.4) is 0 Å². The van der Waals surface area contributed by atoms with Crippen molar-refractivity contribution in [3.63, 3.8) is 0 Å². The van der Waals surface area contributed by atoms with Crippen molar-refractivity contribution < 1.29 is 24.5 Å². The van der Waals surface area contributed by atoms with E-state index in [0.29, 0.717) is 29.9 Å². The number of nitrogens with one attached hydrogen (secondary N) is 1. The Bertz CT molecular complexity index is 1250. The van der Waals surface area contributed by atoms with Crippen molar-refractivity contribution in [1.82, 2.24) is 10.3 Å². The second-order valence-electron chi connectivity index (χ2n) is 8.62. The average Bonchev–Trinajstić information content (AvgIpc) is 3.11. The van der Waals surface area contributed by atoms with Gasteiger partial charge >= 0.3 is 0 Å². The number of ketones is 1. The molecule has 32 heavy (non-hydrogen) atoms. The molecule has 8 nitrogen and oxygen atoms in total. The summed E-state index contributed by atoms with van der Waals surface area (Å²) >= 11 is 0. The van der Waals surface area contributed by atoms with Crippen molar-refractivity contribution in [2.75, 3.05) is 0 Å². The molecule has 1 fully saturated rings. The van der Waals surface area contributed by atoms with E-state index in [1.807, 2.05) is 19.9 Å². The Morgan fingerprint density at radius 3 is 2.81 bits per heavy atom. The zero-order valence-electron chi connectivity index (χ0n) is 17.7. The van der Waals surface area contributed by atoms with E-state index >= 15 is 0 Å². The number of aromatic nitrogens is 1. The van der Waals surface area contributed by atoms with Crippen molar-refractivity contribution in [2.24, 2.45) is 5.73 Å². The first-order chi connectivity index (χ1) is 15.2. The smallest absolute Gasteiger partial charge is 0.274 e. The van der Waals surface area contributed by atoms with Crippen LogP contribution in [0.25, 0.3) is 0 Å². The molecule has 2 atom stereocenters. The van der Waals surface area contributed by atoms with E-state index in [-0.39, 0.29) is 28.5 Å². The van der Waals surface area contributed by atoms with Gasteiger partial charge in [-0.15, -0.1) is 0 Å². The molecule has 1 amide bonds. The molecule has 8 heteroatoms. The third kappa shape index (κ3) is 2.44. The van der Waals surface area contributed by atoms with Gasteiger partial charge in [0.15, 0.2) is 5.69 Å². The molecule has 0 saturated heterocycles. The Morgan fingerprint density at radius 1 is 1.31 bits per heavy atom. The minimum atomic E-state index is -2.18. The second kappa shape index (κ2) is 6.67. The van der Waals surface area contributed by atoms with Gasteiger partial charge in [-0.05, 0) is 42.5 Å². The number of carbonyl (C=O) groups is 2. The minimum absolute atomic E-state index is 0.169. The summed E-state index contributed by atoms with van der Waals surface area (Å²) in [5.41, 5.74) is 5.98. The fourth-order valence-electron chi connectivity index (χ4n) is 4.79. The number of aliphatic hydroxyl groups is 1. The van der Waals surface area contributed by atoms with E-state index in [9.17, 15) is 19.8 Å². The standard InChI is InChI=1S/C24H23N3O5/c1-12(2)13-8-9-14-18(11-13)32-24(31)15-5-3-6-16(25)19(15)21(29)23(14,24)27-22(30)20-17(28)7-4-10-26-20/h4-5,7-12,28,31H,3,6,25H2,1-2H3,(H,27,30). The highest BCUT2D eigenvalue weighted by atomic mass is 16.6. The monoisotopic (exact) mass is 433 g/mol. The van der Waals surface area contributed by atoms with Crippen molar-refractivity contribution in [1.29, 1.82) is 0 Å². The number of carbonyl (C=O) groups excluding carboxylic acids is 2. The van der Waals surface area contributed by atoms with Gasteiger partial charge in [0.2, 0.25) is 11.3 Å². The van der Waals surface area contributed by atoms with E-state index in [0.717, 1.165) is 5.56 Å². The highest BCUT2D eigenvalue weighted by molar-refractivity contribution is 6.16. The van der Waals surface area contributed by atoms with Crippen LogP contribution in [-0.4, -0.2) is 32.7 Å². The fourth-order valence-corrected chi connectivity index (χ4v) is 4.79. The lowest BCUT2D eigenvalue weighted by atomic mass is 9.83. The summed E-state index contributed by atoms with van der Waals surface area (Å²) in [5.74, 6) is -3.41. The van der Waals surface area contributed by atoms with Crippen molar-refractivity contribution >= 4 is 11.7 Å². The van der Waals surface area contributed by atoms with E-state index in [4.69, 9.17) is 10.5 Å². The van der Waals surface area contributed by atoms with Crippen LogP contribution in [0, 0.1) is 0 Å². The number of aromatic hydroxyl groups is 1. The quantitative estimate of drug-likeness (QED) is 0.582. The molecule has 164 valence electrons. The Balaban J connectivity index is 1.74. The second-order valence-corrected chi connectivity index (χ2v) is 8.62. The van der Waals surface area contributed by atoms with Gasteiger partial charge in [-0.1, -0.05) is 32.1 Å². The summed E-state index contributed by atoms with van der Waals surface area (Å²) in [7, 11) is 0. The predicted molar refractivity (Wildman–Crippen MR) is 115 cm³/mol. The maximum atomic E-state index is 13.9. The van der Waals surface area contributed by atoms with E-state index in [1.54, 1.807) is 18.2 Å². The molecule has 2 unspecified atom stereocenters. The van der Waals surface area contributed by atoms with Gasteiger partial charge in [0.05, 0.1) is 0 Å². The third-order valence-corrected chi connectivity index (χ3v) is 6.43. The summed E-state index contributed by atoms with van der Waals surface area (Å²) in [5, 5.41) is 24.7. The van der Waals surface area contributed by atoms with Crippen molar-refractivity contribution in [3.05, 3.63) is 76.3 Å². The maximum Gasteiger partial charge on any atom is 0.274 e. The zero-order valence-corrected chi connectivity index (χ0v) is 17.7. The number of hydrogen-bond donors (Lipinski definition) is 4. The molecule has 0 radical (unpaired) electrons. The number of pyridine rings is 1. The minimum Gasteiger partial charge on any atom is -0.505 e. The first-order valence-electron chi connectivity index (χ1n) is 10.5. The van der Waals surface area contributed by atoms with Crippen LogP contribution in [-0.2, 0) is 10.3 Å². The lowest BCUT2D eigenvalue weighted by Crippen LogP contribution is -2.62. The topological polar surface area (TPSA) is 135 Å². The molecule has 1 aromatic carbocycles. The lowest BCUT2D eigenvalue weighted by Gasteiger charge is -2.34. The van der Waals surface area contributed by atoms with Gasteiger partial charge in [-0.2, -0.15) is 0 Å². The average molecular weight is 433 g/mol. The first-order valence-corrected chi connectivity index (χ1v) is 10.5. The molecule has 1 aliphatic heterocycles. The molecule has 5 N–H and O–H groups in total. The van der Waals surface area contributed by atoms with Gasteiger partial charge in [-0.3, -0.25) is 9.59 Å². The Labute approximate surface area is 184 Å². The fraction of sp³-hybridized carbons (Fsp3) is 0.292. The first kappa shape index (κ1) is 20.3. The van der Waals surface area contributed by atoms with Crippen LogP contribution < -0.4 is 15.8 Å². The molecule has 5 rings (SSSR count). The molecular weight excluding hydrogens is 410 g/mol. The number of Topliss-reactive ketones (excluding diaryl/α,β-unsaturated/α-hetero) is 1. The van der Waals surface area contributed by atoms with Crippen LogP contribution in [0.1, 0.15) is 54.2 Å². The van der Waals surface area contributed by atoms with Crippen LogP contribution >= 0.6 is 0 Å². The molecule has 1 saturated carbocycles. The largest absolute Gasteiger partial charge is 0.505 e. The molecule has 0 bridgehead atoms. The Hall–Kier alpha value is -3.65. The number of nitrogens with two attached hydrogens (primary N) is 1. The molecule has 2 aromatic rings. The zero-order chi connectivity index (χ0) is 22.8. The number of ether oxygens (including phenoxy) is 1.